The highest BCUT2D eigenvalue weighted by atomic mass is 35.5. The molecule has 1 aliphatic heterocycles. The second kappa shape index (κ2) is 7.02. The Balaban J connectivity index is 1.69. The van der Waals surface area contributed by atoms with Gasteiger partial charge in [-0.25, -0.2) is 0 Å². The number of nitrogens with one attached hydrogen (secondary N) is 1. The minimum absolute atomic E-state index is 0.0235. The van der Waals surface area contributed by atoms with Crippen molar-refractivity contribution in [1.82, 2.24) is 5.32 Å². The van der Waals surface area contributed by atoms with Crippen LogP contribution in [-0.4, -0.2) is 30.9 Å². The Kier molecular flexibility index (Phi) is 5.35. The highest BCUT2D eigenvalue weighted by Gasteiger charge is 2.16. The van der Waals surface area contributed by atoms with Gasteiger partial charge in [-0.1, -0.05) is 23.7 Å². The van der Waals surface area contributed by atoms with Crippen molar-refractivity contribution in [2.75, 3.05) is 18.9 Å². The molecule has 1 saturated heterocycles. The lowest BCUT2D eigenvalue weighted by atomic mass is 10.2. The quantitative estimate of drug-likeness (QED) is 0.846. The number of halogens is 1. The molecule has 98 valence electrons. The van der Waals surface area contributed by atoms with E-state index in [9.17, 15) is 4.79 Å². The zero-order valence-corrected chi connectivity index (χ0v) is 11.6. The van der Waals surface area contributed by atoms with Crippen molar-refractivity contribution in [3.05, 3.63) is 29.3 Å². The maximum Gasteiger partial charge on any atom is 0.230 e. The Morgan fingerprint density at radius 1 is 1.50 bits per heavy atom. The minimum atomic E-state index is 0.0235. The molecular formula is C13H16ClNO2S. The molecule has 1 N–H and O–H groups in total. The van der Waals surface area contributed by atoms with E-state index in [1.807, 2.05) is 24.3 Å². The molecule has 1 atom stereocenters. The Bertz CT molecular complexity index is 408. The van der Waals surface area contributed by atoms with Crippen LogP contribution in [0.15, 0.2) is 29.2 Å². The highest BCUT2D eigenvalue weighted by molar-refractivity contribution is 8.00. The molecule has 0 aliphatic carbocycles. The number of carbonyl (C=O) groups is 1. The van der Waals surface area contributed by atoms with Gasteiger partial charge in [-0.3, -0.25) is 4.79 Å². The Labute approximate surface area is 116 Å². The minimum Gasteiger partial charge on any atom is -0.376 e. The topological polar surface area (TPSA) is 38.3 Å². The first-order valence-electron chi connectivity index (χ1n) is 6.01. The molecule has 3 nitrogen and oxygen atoms in total. The summed E-state index contributed by atoms with van der Waals surface area (Å²) in [6, 6.07) is 7.54. The second-order valence-corrected chi connectivity index (χ2v) is 5.58. The van der Waals surface area contributed by atoms with Crippen molar-refractivity contribution in [1.29, 1.82) is 0 Å². The largest absolute Gasteiger partial charge is 0.376 e. The van der Waals surface area contributed by atoms with Gasteiger partial charge in [0.15, 0.2) is 0 Å². The molecule has 2 rings (SSSR count). The summed E-state index contributed by atoms with van der Waals surface area (Å²) in [5, 5.41) is 3.58. The molecule has 1 heterocycles. The molecule has 1 fully saturated rings. The van der Waals surface area contributed by atoms with Gasteiger partial charge in [0.05, 0.1) is 16.9 Å². The van der Waals surface area contributed by atoms with E-state index >= 15 is 0 Å². The molecular weight excluding hydrogens is 270 g/mol. The van der Waals surface area contributed by atoms with E-state index in [0.717, 1.165) is 24.3 Å². The summed E-state index contributed by atoms with van der Waals surface area (Å²) < 4.78 is 5.44. The van der Waals surface area contributed by atoms with Crippen LogP contribution in [0.3, 0.4) is 0 Å². The van der Waals surface area contributed by atoms with Crippen LogP contribution in [0.2, 0.25) is 5.02 Å². The number of amides is 1. The second-order valence-electron chi connectivity index (χ2n) is 4.16. The van der Waals surface area contributed by atoms with Crippen LogP contribution in [0.25, 0.3) is 0 Å². The van der Waals surface area contributed by atoms with E-state index < -0.39 is 0 Å². The SMILES string of the molecule is O=C(CSc1ccccc1Cl)NCC1CCCO1. The van der Waals surface area contributed by atoms with Crippen LogP contribution in [0.4, 0.5) is 0 Å². The number of benzene rings is 1. The van der Waals surface area contributed by atoms with Crippen molar-refractivity contribution >= 4 is 29.3 Å². The molecule has 0 saturated carbocycles. The standard InChI is InChI=1S/C13H16ClNO2S/c14-11-5-1-2-6-12(11)18-9-13(16)15-8-10-4-3-7-17-10/h1-2,5-6,10H,3-4,7-9H2,(H,15,16). The molecule has 1 amide bonds. The first-order chi connectivity index (χ1) is 8.75. The molecule has 5 heteroatoms. The van der Waals surface area contributed by atoms with Gasteiger partial charge in [0.25, 0.3) is 0 Å². The van der Waals surface area contributed by atoms with Gasteiger partial charge in [-0.05, 0) is 25.0 Å². The number of ether oxygens (including phenoxy) is 1. The summed E-state index contributed by atoms with van der Waals surface area (Å²) in [6.45, 7) is 1.43. The Hall–Kier alpha value is -0.710. The molecule has 0 spiro atoms. The van der Waals surface area contributed by atoms with Crippen LogP contribution in [-0.2, 0) is 9.53 Å². The maximum absolute atomic E-state index is 11.7. The van der Waals surface area contributed by atoms with Crippen molar-refractivity contribution < 1.29 is 9.53 Å². The summed E-state index contributed by atoms with van der Waals surface area (Å²) in [5.41, 5.74) is 0. The first-order valence-corrected chi connectivity index (χ1v) is 7.37. The molecule has 18 heavy (non-hydrogen) atoms. The van der Waals surface area contributed by atoms with E-state index in [2.05, 4.69) is 5.32 Å². The summed E-state index contributed by atoms with van der Waals surface area (Å²) in [5.74, 6) is 0.409. The van der Waals surface area contributed by atoms with Crippen LogP contribution >= 0.6 is 23.4 Å². The fourth-order valence-corrected chi connectivity index (χ4v) is 2.86. The van der Waals surface area contributed by atoms with Gasteiger partial charge in [0, 0.05) is 18.0 Å². The van der Waals surface area contributed by atoms with Gasteiger partial charge in [-0.15, -0.1) is 11.8 Å². The van der Waals surface area contributed by atoms with Crippen molar-refractivity contribution in [3.63, 3.8) is 0 Å². The Morgan fingerprint density at radius 3 is 3.06 bits per heavy atom. The van der Waals surface area contributed by atoms with Crippen molar-refractivity contribution in [3.8, 4) is 0 Å². The number of carbonyl (C=O) groups excluding carboxylic acids is 1. The summed E-state index contributed by atoms with van der Waals surface area (Å²) in [4.78, 5) is 12.6. The van der Waals surface area contributed by atoms with Crippen LogP contribution in [0, 0.1) is 0 Å². The predicted octanol–water partition coefficient (Wildman–Crippen LogP) is 2.73. The van der Waals surface area contributed by atoms with E-state index in [-0.39, 0.29) is 12.0 Å². The number of rotatable bonds is 5. The van der Waals surface area contributed by atoms with E-state index in [1.165, 1.54) is 11.8 Å². The smallest absolute Gasteiger partial charge is 0.230 e. The number of hydrogen-bond acceptors (Lipinski definition) is 3. The van der Waals surface area contributed by atoms with Crippen LogP contribution in [0.1, 0.15) is 12.8 Å². The predicted molar refractivity (Wildman–Crippen MR) is 74.2 cm³/mol. The highest BCUT2D eigenvalue weighted by Crippen LogP contribution is 2.26. The lowest BCUT2D eigenvalue weighted by Gasteiger charge is -2.10. The zero-order valence-electron chi connectivity index (χ0n) is 10.0. The number of hydrogen-bond donors (Lipinski definition) is 1. The lowest BCUT2D eigenvalue weighted by Crippen LogP contribution is -2.32. The van der Waals surface area contributed by atoms with E-state index in [4.69, 9.17) is 16.3 Å². The van der Waals surface area contributed by atoms with Crippen LogP contribution in [0.5, 0.6) is 0 Å². The van der Waals surface area contributed by atoms with E-state index in [1.54, 1.807) is 0 Å². The van der Waals surface area contributed by atoms with Gasteiger partial charge < -0.3 is 10.1 Å². The summed E-state index contributed by atoms with van der Waals surface area (Å²) >= 11 is 7.47. The third-order valence-corrected chi connectivity index (χ3v) is 4.26. The monoisotopic (exact) mass is 285 g/mol. The fourth-order valence-electron chi connectivity index (χ4n) is 1.79. The summed E-state index contributed by atoms with van der Waals surface area (Å²) in [7, 11) is 0. The van der Waals surface area contributed by atoms with Gasteiger partial charge in [-0.2, -0.15) is 0 Å². The molecule has 0 bridgehead atoms. The van der Waals surface area contributed by atoms with Crippen LogP contribution < -0.4 is 5.32 Å². The van der Waals surface area contributed by atoms with Crippen molar-refractivity contribution in [2.45, 2.75) is 23.8 Å². The maximum atomic E-state index is 11.7. The molecule has 1 aromatic carbocycles. The third-order valence-electron chi connectivity index (χ3n) is 2.75. The lowest BCUT2D eigenvalue weighted by molar-refractivity contribution is -0.119. The molecule has 1 unspecified atom stereocenters. The molecule has 1 aromatic rings. The molecule has 1 aliphatic rings. The fraction of sp³-hybridized carbons (Fsp3) is 0.462. The number of thioether (sulfide) groups is 1. The molecule has 0 radical (unpaired) electrons. The first kappa shape index (κ1) is 13.7. The average Bonchev–Trinajstić information content (AvgIpc) is 2.88. The summed E-state index contributed by atoms with van der Waals surface area (Å²) in [6.07, 6.45) is 2.33. The molecule has 0 aromatic heterocycles. The van der Waals surface area contributed by atoms with Gasteiger partial charge >= 0.3 is 0 Å². The normalized spacial score (nSPS) is 18.8. The van der Waals surface area contributed by atoms with Gasteiger partial charge in [0.2, 0.25) is 5.91 Å². The van der Waals surface area contributed by atoms with E-state index in [0.29, 0.717) is 17.3 Å². The average molecular weight is 286 g/mol. The van der Waals surface area contributed by atoms with Crippen molar-refractivity contribution in [2.24, 2.45) is 0 Å². The third kappa shape index (κ3) is 4.19. The Morgan fingerprint density at radius 2 is 2.33 bits per heavy atom. The van der Waals surface area contributed by atoms with Gasteiger partial charge in [0.1, 0.15) is 0 Å². The zero-order chi connectivity index (χ0) is 12.8.